The molecule has 0 heterocycles. The van der Waals surface area contributed by atoms with Crippen LogP contribution in [0.5, 0.6) is 0 Å². The minimum absolute atomic E-state index is 0.0758. The van der Waals surface area contributed by atoms with Crippen LogP contribution in [-0.4, -0.2) is 18.4 Å². The van der Waals surface area contributed by atoms with Gasteiger partial charge in [0.1, 0.15) is 5.78 Å². The fraction of sp³-hybridized carbons (Fsp3) is 0.600. The molecular weight excluding hydrogens is 228 g/mol. The van der Waals surface area contributed by atoms with E-state index in [0.717, 1.165) is 12.0 Å². The van der Waals surface area contributed by atoms with Gasteiger partial charge in [-0.05, 0) is 41.0 Å². The smallest absolute Gasteiger partial charge is 0.330 e. The number of carbonyl (C=O) groups excluding carboxylic acids is 2. The number of hydrogen-bond donors (Lipinski definition) is 0. The minimum atomic E-state index is -0.333. The predicted molar refractivity (Wildman–Crippen MR) is 73.2 cm³/mol. The number of ketones is 1. The number of esters is 1. The Morgan fingerprint density at radius 3 is 2.11 bits per heavy atom. The van der Waals surface area contributed by atoms with E-state index < -0.39 is 0 Å². The lowest BCUT2D eigenvalue weighted by Crippen LogP contribution is -2.15. The highest BCUT2D eigenvalue weighted by atomic mass is 16.5. The molecule has 0 amide bonds. The molecule has 1 unspecified atom stereocenters. The molecule has 0 aromatic carbocycles. The number of hydrogen-bond acceptors (Lipinski definition) is 3. The number of allylic oxidation sites excluding steroid dienone is 3. The average molecular weight is 252 g/mol. The molecule has 18 heavy (non-hydrogen) atoms. The molecule has 0 bridgehead atoms. The third-order valence-corrected chi connectivity index (χ3v) is 2.30. The monoisotopic (exact) mass is 252 g/mol. The second-order valence-electron chi connectivity index (χ2n) is 5.14. The van der Waals surface area contributed by atoms with Crippen LogP contribution in [0, 0.1) is 5.92 Å². The zero-order chi connectivity index (χ0) is 14.1. The first-order valence-electron chi connectivity index (χ1n) is 6.25. The molecule has 0 radical (unpaired) electrons. The molecule has 0 N–H and O–H groups in total. The number of Topliss-reactive ketones (excluding diaryl/α,β-unsaturated/α-hetero) is 1. The summed E-state index contributed by atoms with van der Waals surface area (Å²) in [6, 6.07) is 0. The van der Waals surface area contributed by atoms with Crippen molar-refractivity contribution in [3.05, 3.63) is 23.3 Å². The van der Waals surface area contributed by atoms with Crippen molar-refractivity contribution in [3.8, 4) is 0 Å². The van der Waals surface area contributed by atoms with Gasteiger partial charge >= 0.3 is 5.97 Å². The van der Waals surface area contributed by atoms with Crippen molar-refractivity contribution >= 4 is 11.8 Å². The first-order valence-corrected chi connectivity index (χ1v) is 6.25. The molecule has 0 saturated heterocycles. The van der Waals surface area contributed by atoms with Gasteiger partial charge in [-0.15, -0.1) is 0 Å². The van der Waals surface area contributed by atoms with Gasteiger partial charge in [0.05, 0.1) is 6.61 Å². The van der Waals surface area contributed by atoms with Gasteiger partial charge in [-0.3, -0.25) is 0 Å². The first-order chi connectivity index (χ1) is 8.31. The Bertz CT molecular complexity index is 343. The number of carbonyl (C=O) groups is 2. The van der Waals surface area contributed by atoms with Crippen LogP contribution in [0.15, 0.2) is 23.3 Å². The van der Waals surface area contributed by atoms with E-state index in [9.17, 15) is 9.59 Å². The summed E-state index contributed by atoms with van der Waals surface area (Å²) in [7, 11) is 0. The quantitative estimate of drug-likeness (QED) is 0.396. The summed E-state index contributed by atoms with van der Waals surface area (Å²) in [4.78, 5) is 22.5. The van der Waals surface area contributed by atoms with Crippen molar-refractivity contribution in [2.24, 2.45) is 5.92 Å². The van der Waals surface area contributed by atoms with Crippen LogP contribution in [0.4, 0.5) is 0 Å². The van der Waals surface area contributed by atoms with Crippen LogP contribution < -0.4 is 0 Å². The normalized spacial score (nSPS) is 11.4. The topological polar surface area (TPSA) is 43.4 Å². The molecule has 0 rings (SSSR count). The molecule has 0 spiro atoms. The van der Waals surface area contributed by atoms with Gasteiger partial charge in [0, 0.05) is 18.4 Å². The van der Waals surface area contributed by atoms with Crippen molar-refractivity contribution in [3.63, 3.8) is 0 Å². The molecule has 0 fully saturated rings. The molecule has 0 aliphatic heterocycles. The van der Waals surface area contributed by atoms with Crippen LogP contribution >= 0.6 is 0 Å². The SMILES string of the molecule is CC(=O)CC(CC=C(C)C)COC(=O)C=C(C)C. The number of ether oxygens (including phenoxy) is 1. The van der Waals surface area contributed by atoms with Gasteiger partial charge in [-0.25, -0.2) is 4.79 Å². The van der Waals surface area contributed by atoms with Crippen molar-refractivity contribution in [2.45, 2.75) is 47.5 Å². The van der Waals surface area contributed by atoms with Crippen LogP contribution in [-0.2, 0) is 14.3 Å². The lowest BCUT2D eigenvalue weighted by atomic mass is 9.99. The fourth-order valence-electron chi connectivity index (χ4n) is 1.50. The molecule has 1 atom stereocenters. The van der Waals surface area contributed by atoms with E-state index in [1.165, 1.54) is 11.6 Å². The Hall–Kier alpha value is -1.38. The summed E-state index contributed by atoms with van der Waals surface area (Å²) < 4.78 is 5.15. The van der Waals surface area contributed by atoms with Gasteiger partial charge in [-0.1, -0.05) is 17.2 Å². The highest BCUT2D eigenvalue weighted by molar-refractivity contribution is 5.82. The van der Waals surface area contributed by atoms with Gasteiger partial charge in [0.15, 0.2) is 0 Å². The van der Waals surface area contributed by atoms with E-state index in [1.54, 1.807) is 6.92 Å². The number of rotatable bonds is 7. The Balaban J connectivity index is 4.32. The van der Waals surface area contributed by atoms with Crippen LogP contribution in [0.2, 0.25) is 0 Å². The summed E-state index contributed by atoms with van der Waals surface area (Å²) in [6.45, 7) is 9.58. The molecule has 3 heteroatoms. The van der Waals surface area contributed by atoms with E-state index >= 15 is 0 Å². The largest absolute Gasteiger partial charge is 0.462 e. The molecule has 0 aromatic rings. The zero-order valence-corrected chi connectivity index (χ0v) is 12.1. The lowest BCUT2D eigenvalue weighted by molar-refractivity contribution is -0.139. The molecule has 0 saturated carbocycles. The molecular formula is C15H24O3. The Morgan fingerprint density at radius 1 is 1.06 bits per heavy atom. The second kappa shape index (κ2) is 8.67. The van der Waals surface area contributed by atoms with Gasteiger partial charge < -0.3 is 9.53 Å². The van der Waals surface area contributed by atoms with Crippen LogP contribution in [0.25, 0.3) is 0 Å². The Morgan fingerprint density at radius 2 is 1.67 bits per heavy atom. The maximum Gasteiger partial charge on any atom is 0.330 e. The highest BCUT2D eigenvalue weighted by Crippen LogP contribution is 2.13. The standard InChI is InChI=1S/C15H24O3/c1-11(2)6-7-14(9-13(5)16)10-18-15(17)8-12(3)4/h6,8,14H,7,9-10H2,1-5H3. The summed E-state index contributed by atoms with van der Waals surface area (Å²) in [5.74, 6) is -0.131. The van der Waals surface area contributed by atoms with Crippen LogP contribution in [0.1, 0.15) is 47.5 Å². The van der Waals surface area contributed by atoms with Crippen LogP contribution in [0.3, 0.4) is 0 Å². The Kier molecular flexibility index (Phi) is 8.01. The summed E-state index contributed by atoms with van der Waals surface area (Å²) in [5, 5.41) is 0. The molecule has 102 valence electrons. The van der Waals surface area contributed by atoms with Crippen molar-refractivity contribution in [2.75, 3.05) is 6.61 Å². The van der Waals surface area contributed by atoms with E-state index in [1.807, 2.05) is 27.7 Å². The van der Waals surface area contributed by atoms with Crippen molar-refractivity contribution in [1.82, 2.24) is 0 Å². The Labute approximate surface area is 110 Å². The van der Waals surface area contributed by atoms with Gasteiger partial charge in [0.25, 0.3) is 0 Å². The second-order valence-corrected chi connectivity index (χ2v) is 5.14. The van der Waals surface area contributed by atoms with E-state index in [4.69, 9.17) is 4.74 Å². The highest BCUT2D eigenvalue weighted by Gasteiger charge is 2.12. The fourth-order valence-corrected chi connectivity index (χ4v) is 1.50. The molecule has 0 aliphatic rings. The van der Waals surface area contributed by atoms with Gasteiger partial charge in [0.2, 0.25) is 0 Å². The minimum Gasteiger partial charge on any atom is -0.462 e. The molecule has 0 aromatic heterocycles. The van der Waals surface area contributed by atoms with E-state index in [0.29, 0.717) is 13.0 Å². The average Bonchev–Trinajstić information content (AvgIpc) is 2.20. The third kappa shape index (κ3) is 9.82. The summed E-state index contributed by atoms with van der Waals surface area (Å²) in [5.41, 5.74) is 2.12. The zero-order valence-electron chi connectivity index (χ0n) is 12.1. The lowest BCUT2D eigenvalue weighted by Gasteiger charge is -2.13. The first kappa shape index (κ1) is 16.6. The van der Waals surface area contributed by atoms with Crippen molar-refractivity contribution in [1.29, 1.82) is 0 Å². The third-order valence-electron chi connectivity index (χ3n) is 2.30. The molecule has 3 nitrogen and oxygen atoms in total. The van der Waals surface area contributed by atoms with Gasteiger partial charge in [-0.2, -0.15) is 0 Å². The van der Waals surface area contributed by atoms with E-state index in [2.05, 4.69) is 6.08 Å². The van der Waals surface area contributed by atoms with Crippen molar-refractivity contribution < 1.29 is 14.3 Å². The molecule has 0 aliphatic carbocycles. The maximum absolute atomic E-state index is 11.4. The van der Waals surface area contributed by atoms with E-state index in [-0.39, 0.29) is 17.7 Å². The predicted octanol–water partition coefficient (Wildman–Crippen LogP) is 3.45. The summed E-state index contributed by atoms with van der Waals surface area (Å²) in [6.07, 6.45) is 4.75. The summed E-state index contributed by atoms with van der Waals surface area (Å²) >= 11 is 0. The maximum atomic E-state index is 11.4.